The first-order chi connectivity index (χ1) is 16.1. The molecule has 1 atom stereocenters. The summed E-state index contributed by atoms with van der Waals surface area (Å²) in [5, 5.41) is 15.6. The van der Waals surface area contributed by atoms with E-state index in [2.05, 4.69) is 15.4 Å². The molecule has 1 aromatic carbocycles. The number of hydrogen-bond acceptors (Lipinski definition) is 6. The zero-order chi connectivity index (χ0) is 24.9. The number of carboxylic acids is 1. The second-order valence-corrected chi connectivity index (χ2v) is 7.63. The molecular formula is C22H23F3N4O5. The van der Waals surface area contributed by atoms with Gasteiger partial charge in [0, 0.05) is 42.3 Å². The Morgan fingerprint density at radius 1 is 1.32 bits per heavy atom. The molecule has 1 amide bonds. The summed E-state index contributed by atoms with van der Waals surface area (Å²) in [5.74, 6) is -1.56. The number of anilines is 1. The highest BCUT2D eigenvalue weighted by molar-refractivity contribution is 6.06. The van der Waals surface area contributed by atoms with E-state index in [0.717, 1.165) is 42.6 Å². The van der Waals surface area contributed by atoms with E-state index in [-0.39, 0.29) is 5.91 Å². The number of amides is 1. The summed E-state index contributed by atoms with van der Waals surface area (Å²) in [6.07, 6.45) is -2.02. The van der Waals surface area contributed by atoms with Crippen LogP contribution in [0.4, 0.5) is 19.0 Å². The van der Waals surface area contributed by atoms with E-state index in [1.807, 2.05) is 29.9 Å². The zero-order valence-electron chi connectivity index (χ0n) is 18.4. The third-order valence-electron chi connectivity index (χ3n) is 4.99. The normalized spacial score (nSPS) is 15.5. The number of aryl methyl sites for hydroxylation is 1. The summed E-state index contributed by atoms with van der Waals surface area (Å²) in [6.45, 7) is 4.42. The maximum atomic E-state index is 12.7. The van der Waals surface area contributed by atoms with Crippen LogP contribution in [0.3, 0.4) is 0 Å². The Labute approximate surface area is 192 Å². The molecule has 4 rings (SSSR count). The van der Waals surface area contributed by atoms with Crippen molar-refractivity contribution in [3.05, 3.63) is 47.7 Å². The van der Waals surface area contributed by atoms with E-state index in [1.165, 1.54) is 0 Å². The predicted octanol–water partition coefficient (Wildman–Crippen LogP) is 3.67. The van der Waals surface area contributed by atoms with Gasteiger partial charge in [-0.25, -0.2) is 4.79 Å². The summed E-state index contributed by atoms with van der Waals surface area (Å²) >= 11 is 0. The topological polar surface area (TPSA) is 116 Å². The minimum absolute atomic E-state index is 0.210. The Kier molecular flexibility index (Phi) is 7.72. The molecular weight excluding hydrogens is 457 g/mol. The van der Waals surface area contributed by atoms with E-state index in [9.17, 15) is 18.0 Å². The molecule has 0 bridgehead atoms. The van der Waals surface area contributed by atoms with E-state index >= 15 is 0 Å². The fourth-order valence-electron chi connectivity index (χ4n) is 3.36. The van der Waals surface area contributed by atoms with E-state index in [4.69, 9.17) is 19.4 Å². The number of alkyl halides is 3. The van der Waals surface area contributed by atoms with Crippen LogP contribution in [0.5, 0.6) is 5.88 Å². The van der Waals surface area contributed by atoms with Gasteiger partial charge in [-0.15, -0.1) is 0 Å². The molecule has 1 fully saturated rings. The number of benzene rings is 1. The molecule has 9 nitrogen and oxygen atoms in total. The van der Waals surface area contributed by atoms with Crippen molar-refractivity contribution in [3.8, 4) is 5.88 Å². The standard InChI is InChI=1S/C20H22N4O3.C2HF3O2/c1-13-8-15(20(25)22-17-4-3-5-18(21-17)26-2)9-16-11-24(23-19(13)16)10-14-6-7-27-12-14;3-2(4,5)1(6)7/h3-5,8-9,11,14H,6-7,10,12H2,1-2H3,(H,21,22,25);(H,6,7). The molecule has 1 saturated heterocycles. The summed E-state index contributed by atoms with van der Waals surface area (Å²) in [7, 11) is 1.54. The molecule has 3 aromatic rings. The van der Waals surface area contributed by atoms with Crippen LogP contribution in [-0.2, 0) is 16.1 Å². The van der Waals surface area contributed by atoms with Crippen LogP contribution >= 0.6 is 0 Å². The molecule has 1 aliphatic rings. The Morgan fingerprint density at radius 3 is 2.68 bits per heavy atom. The molecule has 0 saturated carbocycles. The van der Waals surface area contributed by atoms with E-state index in [0.29, 0.717) is 23.2 Å². The van der Waals surface area contributed by atoms with Gasteiger partial charge in [-0.2, -0.15) is 23.3 Å². The number of carboxylic acid groups (broad SMARTS) is 1. The van der Waals surface area contributed by atoms with Crippen molar-refractivity contribution in [1.29, 1.82) is 0 Å². The average Bonchev–Trinajstić information content (AvgIpc) is 3.43. The molecule has 0 radical (unpaired) electrons. The minimum Gasteiger partial charge on any atom is -0.481 e. The lowest BCUT2D eigenvalue weighted by molar-refractivity contribution is -0.192. The van der Waals surface area contributed by atoms with E-state index in [1.54, 1.807) is 25.3 Å². The van der Waals surface area contributed by atoms with Gasteiger partial charge in [-0.05, 0) is 37.1 Å². The number of nitrogens with one attached hydrogen (secondary N) is 1. The van der Waals surface area contributed by atoms with Crippen LogP contribution in [0.25, 0.3) is 10.9 Å². The second-order valence-electron chi connectivity index (χ2n) is 7.63. The Hall–Kier alpha value is -3.67. The second kappa shape index (κ2) is 10.5. The van der Waals surface area contributed by atoms with Crippen LogP contribution in [0.1, 0.15) is 22.3 Å². The lowest BCUT2D eigenvalue weighted by atomic mass is 10.1. The number of carbonyl (C=O) groups excluding carboxylic acids is 1. The third-order valence-corrected chi connectivity index (χ3v) is 4.99. The number of aromatic nitrogens is 3. The molecule has 0 spiro atoms. The molecule has 182 valence electrons. The molecule has 34 heavy (non-hydrogen) atoms. The minimum atomic E-state index is -5.08. The number of nitrogens with zero attached hydrogens (tertiary/aromatic N) is 3. The number of methoxy groups -OCH3 is 1. The highest BCUT2D eigenvalue weighted by Crippen LogP contribution is 2.22. The van der Waals surface area contributed by atoms with Crippen LogP contribution in [0, 0.1) is 12.8 Å². The maximum Gasteiger partial charge on any atom is 0.490 e. The van der Waals surface area contributed by atoms with Crippen molar-refractivity contribution in [2.24, 2.45) is 5.92 Å². The monoisotopic (exact) mass is 480 g/mol. The highest BCUT2D eigenvalue weighted by Gasteiger charge is 2.38. The van der Waals surface area contributed by atoms with Gasteiger partial charge in [0.1, 0.15) is 5.82 Å². The van der Waals surface area contributed by atoms with Crippen LogP contribution in [0.15, 0.2) is 36.5 Å². The quantitative estimate of drug-likeness (QED) is 0.573. The van der Waals surface area contributed by atoms with Gasteiger partial charge in [0.25, 0.3) is 5.91 Å². The molecule has 3 heterocycles. The molecule has 1 aliphatic heterocycles. The van der Waals surface area contributed by atoms with Gasteiger partial charge < -0.3 is 19.9 Å². The first kappa shape index (κ1) is 25.0. The first-order valence-electron chi connectivity index (χ1n) is 10.2. The lowest BCUT2D eigenvalue weighted by Crippen LogP contribution is -2.21. The number of hydrogen-bond donors (Lipinski definition) is 2. The van der Waals surface area contributed by atoms with Gasteiger partial charge in [0.05, 0.1) is 19.2 Å². The Bertz CT molecular complexity index is 1170. The molecule has 2 aromatic heterocycles. The number of carbonyl (C=O) groups is 2. The summed E-state index contributed by atoms with van der Waals surface area (Å²) in [4.78, 5) is 25.8. The highest BCUT2D eigenvalue weighted by atomic mass is 19.4. The van der Waals surface area contributed by atoms with Crippen LogP contribution in [-0.4, -0.2) is 58.2 Å². The number of pyridine rings is 1. The van der Waals surface area contributed by atoms with E-state index < -0.39 is 12.1 Å². The maximum absolute atomic E-state index is 12.7. The Balaban J connectivity index is 0.000000406. The van der Waals surface area contributed by atoms with Gasteiger partial charge in [0.15, 0.2) is 0 Å². The molecule has 2 N–H and O–H groups in total. The van der Waals surface area contributed by atoms with Gasteiger partial charge in [-0.1, -0.05) is 6.07 Å². The summed E-state index contributed by atoms with van der Waals surface area (Å²) < 4.78 is 44.2. The lowest BCUT2D eigenvalue weighted by Gasteiger charge is -2.07. The first-order valence-corrected chi connectivity index (χ1v) is 10.2. The predicted molar refractivity (Wildman–Crippen MR) is 116 cm³/mol. The van der Waals surface area contributed by atoms with Crippen LogP contribution in [0.2, 0.25) is 0 Å². The molecule has 12 heteroatoms. The van der Waals surface area contributed by atoms with Gasteiger partial charge >= 0.3 is 12.1 Å². The SMILES string of the molecule is COc1cccc(NC(=O)c2cc(C)c3nn(CC4CCOC4)cc3c2)n1.O=C(O)C(F)(F)F. The number of halogens is 3. The largest absolute Gasteiger partial charge is 0.490 e. The van der Waals surface area contributed by atoms with Gasteiger partial charge in [0.2, 0.25) is 5.88 Å². The van der Waals surface area contributed by atoms with Crippen molar-refractivity contribution in [1.82, 2.24) is 14.8 Å². The average molecular weight is 480 g/mol. The zero-order valence-corrected chi connectivity index (χ0v) is 18.4. The molecule has 1 unspecified atom stereocenters. The number of rotatable bonds is 5. The van der Waals surface area contributed by atoms with Crippen molar-refractivity contribution in [3.63, 3.8) is 0 Å². The fourth-order valence-corrected chi connectivity index (χ4v) is 3.36. The number of aliphatic carboxylic acids is 1. The third kappa shape index (κ3) is 6.44. The number of fused-ring (bicyclic) bond motifs is 1. The van der Waals surface area contributed by atoms with Crippen LogP contribution < -0.4 is 10.1 Å². The Morgan fingerprint density at radius 2 is 2.06 bits per heavy atom. The smallest absolute Gasteiger partial charge is 0.481 e. The summed E-state index contributed by atoms with van der Waals surface area (Å²) in [6, 6.07) is 8.97. The fraction of sp³-hybridized carbons (Fsp3) is 0.364. The number of ether oxygens (including phenoxy) is 2. The van der Waals surface area contributed by atoms with Gasteiger partial charge in [-0.3, -0.25) is 9.48 Å². The summed E-state index contributed by atoms with van der Waals surface area (Å²) in [5.41, 5.74) is 2.47. The molecule has 0 aliphatic carbocycles. The van der Waals surface area contributed by atoms with Crippen molar-refractivity contribution in [2.75, 3.05) is 25.6 Å². The van der Waals surface area contributed by atoms with Crippen molar-refractivity contribution >= 4 is 28.6 Å². The van der Waals surface area contributed by atoms with Crippen molar-refractivity contribution in [2.45, 2.75) is 26.1 Å². The van der Waals surface area contributed by atoms with Crippen molar-refractivity contribution < 1.29 is 37.3 Å².